The highest BCUT2D eigenvalue weighted by molar-refractivity contribution is 5.94. The van der Waals surface area contributed by atoms with Gasteiger partial charge in [0.15, 0.2) is 17.1 Å². The van der Waals surface area contributed by atoms with Gasteiger partial charge in [0.1, 0.15) is 12.4 Å². The average molecular weight is 498 g/mol. The van der Waals surface area contributed by atoms with Crippen LogP contribution in [0.2, 0.25) is 0 Å². The predicted molar refractivity (Wildman–Crippen MR) is 131 cm³/mol. The third-order valence-corrected chi connectivity index (χ3v) is 6.17. The lowest BCUT2D eigenvalue weighted by Gasteiger charge is -2.28. The minimum absolute atomic E-state index is 0.0290. The first-order valence-electron chi connectivity index (χ1n) is 11.8. The zero-order valence-electron chi connectivity index (χ0n) is 20.3. The van der Waals surface area contributed by atoms with Crippen molar-refractivity contribution in [3.63, 3.8) is 0 Å². The lowest BCUT2D eigenvalue weighted by atomic mass is 10.0. The smallest absolute Gasteiger partial charge is 0.275 e. The highest BCUT2D eigenvalue weighted by atomic mass is 16.5. The first-order chi connectivity index (χ1) is 18.1. The first-order valence-corrected chi connectivity index (χ1v) is 11.8. The van der Waals surface area contributed by atoms with Crippen molar-refractivity contribution in [2.75, 3.05) is 13.7 Å². The Labute approximate surface area is 211 Å². The summed E-state index contributed by atoms with van der Waals surface area (Å²) in [5, 5.41) is 16.9. The molecule has 1 aliphatic rings. The molecule has 0 fully saturated rings. The number of ether oxygens (including phenoxy) is 2. The van der Waals surface area contributed by atoms with E-state index in [4.69, 9.17) is 19.0 Å². The fraction of sp³-hybridized carbons (Fsp3) is 0.231. The summed E-state index contributed by atoms with van der Waals surface area (Å²) in [6.07, 6.45) is 0.677. The fourth-order valence-corrected chi connectivity index (χ4v) is 4.30. The van der Waals surface area contributed by atoms with E-state index in [-0.39, 0.29) is 18.4 Å². The Balaban J connectivity index is 1.20. The zero-order chi connectivity index (χ0) is 25.4. The van der Waals surface area contributed by atoms with E-state index in [9.17, 15) is 4.79 Å². The maximum atomic E-state index is 12.8. The molecule has 5 heterocycles. The third kappa shape index (κ3) is 4.35. The molecule has 0 radical (unpaired) electrons. The molecule has 1 aromatic carbocycles. The van der Waals surface area contributed by atoms with Crippen molar-refractivity contribution in [2.45, 2.75) is 26.5 Å². The maximum Gasteiger partial charge on any atom is 0.275 e. The highest BCUT2D eigenvalue weighted by Crippen LogP contribution is 2.28. The Morgan fingerprint density at radius 2 is 1.97 bits per heavy atom. The monoisotopic (exact) mass is 497 g/mol. The Morgan fingerprint density at radius 3 is 2.76 bits per heavy atom. The first kappa shape index (κ1) is 22.7. The van der Waals surface area contributed by atoms with Gasteiger partial charge in [-0.15, -0.1) is 15.3 Å². The normalized spacial score (nSPS) is 13.0. The van der Waals surface area contributed by atoms with Crippen molar-refractivity contribution in [3.05, 3.63) is 82.9 Å². The predicted octanol–water partition coefficient (Wildman–Crippen LogP) is 3.27. The minimum atomic E-state index is 0.0290. The van der Waals surface area contributed by atoms with Crippen molar-refractivity contribution in [3.8, 4) is 23.1 Å². The van der Waals surface area contributed by atoms with Crippen LogP contribution in [0.5, 0.6) is 11.6 Å². The number of aromatic nitrogens is 6. The molecule has 0 aliphatic carbocycles. The van der Waals surface area contributed by atoms with Gasteiger partial charge in [-0.25, -0.2) is 0 Å². The molecule has 0 unspecified atom stereocenters. The SMILES string of the molecule is COc1cc2nnc(-c3cc(C)on3)n2nc1OCc1ccc2c(n1)CCN(C(=O)c1ccccc1)C2. The second-order valence-corrected chi connectivity index (χ2v) is 8.67. The summed E-state index contributed by atoms with van der Waals surface area (Å²) >= 11 is 0. The molecule has 4 aromatic heterocycles. The van der Waals surface area contributed by atoms with Crippen molar-refractivity contribution in [1.82, 2.24) is 34.9 Å². The molecular formula is C26H23N7O4. The van der Waals surface area contributed by atoms with Gasteiger partial charge in [-0.1, -0.05) is 29.4 Å². The molecule has 6 rings (SSSR count). The summed E-state index contributed by atoms with van der Waals surface area (Å²) in [7, 11) is 1.54. The number of fused-ring (bicyclic) bond motifs is 2. The van der Waals surface area contributed by atoms with Crippen LogP contribution in [-0.2, 0) is 19.6 Å². The largest absolute Gasteiger partial charge is 0.491 e. The zero-order valence-corrected chi connectivity index (χ0v) is 20.3. The number of pyridine rings is 1. The topological polar surface area (TPSA) is 121 Å². The van der Waals surface area contributed by atoms with E-state index in [0.717, 1.165) is 17.0 Å². The standard InChI is InChI=1S/C26H23N7O4/c1-16-12-21(31-37-16)24-29-28-23-13-22(35-2)25(30-33(23)24)36-15-19-9-8-18-14-32(11-10-20(18)27-19)26(34)17-6-4-3-5-7-17/h3-9,12-13H,10-11,14-15H2,1-2H3. The van der Waals surface area contributed by atoms with Gasteiger partial charge >= 0.3 is 0 Å². The van der Waals surface area contributed by atoms with Crippen LogP contribution in [0.3, 0.4) is 0 Å². The van der Waals surface area contributed by atoms with Crippen LogP contribution >= 0.6 is 0 Å². The number of rotatable bonds is 6. The molecule has 1 amide bonds. The van der Waals surface area contributed by atoms with E-state index in [1.165, 1.54) is 11.6 Å². The van der Waals surface area contributed by atoms with Crippen LogP contribution in [0.15, 0.2) is 59.1 Å². The summed E-state index contributed by atoms with van der Waals surface area (Å²) < 4.78 is 18.2. The van der Waals surface area contributed by atoms with Gasteiger partial charge < -0.3 is 18.9 Å². The number of hydrogen-bond donors (Lipinski definition) is 0. The number of methoxy groups -OCH3 is 1. The number of benzene rings is 1. The van der Waals surface area contributed by atoms with Gasteiger partial charge in [0.2, 0.25) is 5.82 Å². The molecule has 0 bridgehead atoms. The number of nitrogens with zero attached hydrogens (tertiary/aromatic N) is 7. The van der Waals surface area contributed by atoms with Crippen LogP contribution in [0.4, 0.5) is 0 Å². The average Bonchev–Trinajstić information content (AvgIpc) is 3.56. The van der Waals surface area contributed by atoms with E-state index in [0.29, 0.717) is 53.7 Å². The van der Waals surface area contributed by atoms with Gasteiger partial charge in [0.25, 0.3) is 11.8 Å². The van der Waals surface area contributed by atoms with Crippen molar-refractivity contribution >= 4 is 11.6 Å². The molecule has 5 aromatic rings. The lowest BCUT2D eigenvalue weighted by molar-refractivity contribution is 0.0733. The van der Waals surface area contributed by atoms with Crippen LogP contribution in [-0.4, -0.2) is 54.4 Å². The van der Waals surface area contributed by atoms with Crippen LogP contribution in [0, 0.1) is 6.92 Å². The molecule has 0 N–H and O–H groups in total. The highest BCUT2D eigenvalue weighted by Gasteiger charge is 2.23. The Kier molecular flexibility index (Phi) is 5.72. The summed E-state index contributed by atoms with van der Waals surface area (Å²) in [5.74, 6) is 1.82. The molecule has 0 saturated heterocycles. The van der Waals surface area contributed by atoms with Crippen molar-refractivity contribution in [1.29, 1.82) is 0 Å². The van der Waals surface area contributed by atoms with E-state index < -0.39 is 0 Å². The van der Waals surface area contributed by atoms with Crippen LogP contribution < -0.4 is 9.47 Å². The molecule has 0 atom stereocenters. The van der Waals surface area contributed by atoms with E-state index >= 15 is 0 Å². The lowest BCUT2D eigenvalue weighted by Crippen LogP contribution is -2.36. The van der Waals surface area contributed by atoms with Crippen molar-refractivity contribution < 1.29 is 18.8 Å². The van der Waals surface area contributed by atoms with Gasteiger partial charge in [-0.05, 0) is 30.7 Å². The number of aryl methyl sites for hydroxylation is 1. The Bertz CT molecular complexity index is 1600. The third-order valence-electron chi connectivity index (χ3n) is 6.17. The van der Waals surface area contributed by atoms with Gasteiger partial charge in [0, 0.05) is 42.9 Å². The molecule has 186 valence electrons. The minimum Gasteiger partial charge on any atom is -0.491 e. The van der Waals surface area contributed by atoms with Gasteiger partial charge in [-0.2, -0.15) is 4.52 Å². The molecule has 37 heavy (non-hydrogen) atoms. The summed E-state index contributed by atoms with van der Waals surface area (Å²) in [6.45, 7) is 3.13. The maximum absolute atomic E-state index is 12.8. The summed E-state index contributed by atoms with van der Waals surface area (Å²) in [5.41, 5.74) is 4.45. The molecule has 1 aliphatic heterocycles. The molecule has 0 spiro atoms. The molecular weight excluding hydrogens is 474 g/mol. The van der Waals surface area contributed by atoms with E-state index in [2.05, 4.69) is 20.5 Å². The Hall–Kier alpha value is -4.80. The quantitative estimate of drug-likeness (QED) is 0.348. The van der Waals surface area contributed by atoms with Crippen LogP contribution in [0.1, 0.15) is 33.1 Å². The molecule has 11 heteroatoms. The van der Waals surface area contributed by atoms with Crippen molar-refractivity contribution in [2.24, 2.45) is 0 Å². The van der Waals surface area contributed by atoms with E-state index in [1.807, 2.05) is 47.4 Å². The summed E-state index contributed by atoms with van der Waals surface area (Å²) in [6, 6.07) is 16.7. The number of carbonyl (C=O) groups is 1. The summed E-state index contributed by atoms with van der Waals surface area (Å²) in [4.78, 5) is 19.5. The molecule has 11 nitrogen and oxygen atoms in total. The number of carbonyl (C=O) groups excluding carboxylic acids is 1. The second-order valence-electron chi connectivity index (χ2n) is 8.67. The van der Waals surface area contributed by atoms with E-state index in [1.54, 1.807) is 19.1 Å². The van der Waals surface area contributed by atoms with Gasteiger partial charge in [-0.3, -0.25) is 9.78 Å². The fourth-order valence-electron chi connectivity index (χ4n) is 4.30. The second kappa shape index (κ2) is 9.34. The van der Waals surface area contributed by atoms with Gasteiger partial charge in [0.05, 0.1) is 12.8 Å². The molecule has 0 saturated carbocycles. The van der Waals surface area contributed by atoms with Crippen LogP contribution in [0.25, 0.3) is 17.2 Å². The Morgan fingerprint density at radius 1 is 1.11 bits per heavy atom. The number of hydrogen-bond acceptors (Lipinski definition) is 9. The number of amides is 1.